The lowest BCUT2D eigenvalue weighted by atomic mass is 9.88. The highest BCUT2D eigenvalue weighted by atomic mass is 32.2. The minimum atomic E-state index is -4.03. The van der Waals surface area contributed by atoms with E-state index in [1.54, 1.807) is 20.8 Å². The molecule has 0 amide bonds. The average Bonchev–Trinajstić information content (AvgIpc) is 2.23. The molecule has 112 valence electrons. The van der Waals surface area contributed by atoms with Crippen LogP contribution in [0.3, 0.4) is 0 Å². The first-order valence-electron chi connectivity index (χ1n) is 5.96. The summed E-state index contributed by atoms with van der Waals surface area (Å²) >= 11 is 0. The van der Waals surface area contributed by atoms with Gasteiger partial charge in [-0.1, -0.05) is 20.8 Å². The van der Waals surface area contributed by atoms with Crippen LogP contribution in [-0.4, -0.2) is 25.5 Å². The molecule has 0 saturated heterocycles. The Morgan fingerprint density at radius 1 is 1.35 bits per heavy atom. The number of hydrogen-bond acceptors (Lipinski definition) is 3. The third-order valence-corrected chi connectivity index (χ3v) is 4.40. The van der Waals surface area contributed by atoms with Gasteiger partial charge in [0.1, 0.15) is 11.9 Å². The van der Waals surface area contributed by atoms with Crippen molar-refractivity contribution in [2.24, 2.45) is 5.41 Å². The highest BCUT2D eigenvalue weighted by Gasteiger charge is 2.35. The van der Waals surface area contributed by atoms with Crippen molar-refractivity contribution in [1.82, 2.24) is 4.72 Å². The van der Waals surface area contributed by atoms with Crippen molar-refractivity contribution < 1.29 is 22.7 Å². The van der Waals surface area contributed by atoms with Gasteiger partial charge in [-0.15, -0.1) is 0 Å². The number of sulfonamides is 1. The first kappa shape index (κ1) is 16.6. The molecular formula is C13H18FNO4S. The van der Waals surface area contributed by atoms with Crippen LogP contribution >= 0.6 is 0 Å². The molecule has 7 heteroatoms. The molecule has 0 bridgehead atoms. The van der Waals surface area contributed by atoms with Crippen molar-refractivity contribution in [3.8, 4) is 0 Å². The Bertz CT molecular complexity index is 620. The van der Waals surface area contributed by atoms with Crippen LogP contribution in [0.2, 0.25) is 0 Å². The average molecular weight is 303 g/mol. The Morgan fingerprint density at radius 2 is 1.90 bits per heavy atom. The summed E-state index contributed by atoms with van der Waals surface area (Å²) in [5, 5.41) is 9.15. The molecule has 0 aromatic heterocycles. The van der Waals surface area contributed by atoms with Crippen molar-refractivity contribution in [2.45, 2.75) is 38.6 Å². The van der Waals surface area contributed by atoms with E-state index in [9.17, 15) is 17.6 Å². The minimum Gasteiger partial charge on any atom is -0.480 e. The summed E-state index contributed by atoms with van der Waals surface area (Å²) in [6.07, 6.45) is 0. The van der Waals surface area contributed by atoms with Gasteiger partial charge in [0.15, 0.2) is 0 Å². The normalized spacial score (nSPS) is 14.1. The van der Waals surface area contributed by atoms with Crippen molar-refractivity contribution in [3.05, 3.63) is 29.6 Å². The van der Waals surface area contributed by atoms with Crippen LogP contribution < -0.4 is 4.72 Å². The summed E-state index contributed by atoms with van der Waals surface area (Å²) in [5.41, 5.74) is -0.581. The third-order valence-electron chi connectivity index (χ3n) is 2.81. The molecule has 0 saturated carbocycles. The van der Waals surface area contributed by atoms with E-state index in [-0.39, 0.29) is 10.5 Å². The number of nitrogens with one attached hydrogen (secondary N) is 1. The maximum atomic E-state index is 13.0. The van der Waals surface area contributed by atoms with Crippen LogP contribution in [0.5, 0.6) is 0 Å². The zero-order chi connectivity index (χ0) is 15.7. The summed E-state index contributed by atoms with van der Waals surface area (Å²) in [5.74, 6) is -1.81. The molecule has 0 fully saturated rings. The second-order valence-corrected chi connectivity index (χ2v) is 7.35. The predicted molar refractivity (Wildman–Crippen MR) is 72.3 cm³/mol. The number of rotatable bonds is 4. The molecule has 1 aromatic carbocycles. The summed E-state index contributed by atoms with van der Waals surface area (Å²) < 4.78 is 39.6. The Labute approximate surface area is 117 Å². The van der Waals surface area contributed by atoms with Crippen molar-refractivity contribution in [3.63, 3.8) is 0 Å². The molecule has 20 heavy (non-hydrogen) atoms. The molecule has 0 radical (unpaired) electrons. The standard InChI is InChI=1S/C13H18FNO4S/c1-8-7-9(14)5-6-10(8)20(18,19)15-11(12(16)17)13(2,3)4/h5-7,11,15H,1-4H3,(H,16,17)/t11-/m0/s1. The van der Waals surface area contributed by atoms with E-state index in [0.29, 0.717) is 0 Å². The molecule has 0 aliphatic rings. The Kier molecular flexibility index (Phi) is 4.55. The van der Waals surface area contributed by atoms with E-state index in [1.165, 1.54) is 6.92 Å². The Hall–Kier alpha value is -1.47. The zero-order valence-corrected chi connectivity index (χ0v) is 12.6. The summed E-state index contributed by atoms with van der Waals surface area (Å²) in [6.45, 7) is 6.30. The van der Waals surface area contributed by atoms with Crippen LogP contribution in [0.4, 0.5) is 4.39 Å². The van der Waals surface area contributed by atoms with Gasteiger partial charge in [0.25, 0.3) is 0 Å². The summed E-state index contributed by atoms with van der Waals surface area (Å²) in [6, 6.07) is 1.95. The fourth-order valence-corrected chi connectivity index (χ4v) is 3.35. The molecule has 0 spiro atoms. The minimum absolute atomic E-state index is 0.130. The number of aryl methyl sites for hydroxylation is 1. The summed E-state index contributed by atoms with van der Waals surface area (Å²) in [7, 11) is -4.03. The number of benzene rings is 1. The second kappa shape index (κ2) is 5.49. The van der Waals surface area contributed by atoms with E-state index in [2.05, 4.69) is 4.72 Å². The van der Waals surface area contributed by atoms with Gasteiger partial charge < -0.3 is 5.11 Å². The van der Waals surface area contributed by atoms with Crippen molar-refractivity contribution in [2.75, 3.05) is 0 Å². The topological polar surface area (TPSA) is 83.5 Å². The maximum Gasteiger partial charge on any atom is 0.322 e. The first-order valence-corrected chi connectivity index (χ1v) is 7.45. The molecule has 1 rings (SSSR count). The van der Waals surface area contributed by atoms with Gasteiger partial charge in [-0.25, -0.2) is 12.8 Å². The number of aliphatic carboxylic acids is 1. The quantitative estimate of drug-likeness (QED) is 0.890. The molecule has 1 aromatic rings. The SMILES string of the molecule is Cc1cc(F)ccc1S(=O)(=O)N[C@@H](C(=O)O)C(C)(C)C. The molecule has 0 unspecified atom stereocenters. The fourth-order valence-electron chi connectivity index (χ4n) is 1.73. The highest BCUT2D eigenvalue weighted by molar-refractivity contribution is 7.89. The van der Waals surface area contributed by atoms with E-state index in [4.69, 9.17) is 5.11 Å². The molecular weight excluding hydrogens is 285 g/mol. The van der Waals surface area contributed by atoms with Gasteiger partial charge in [-0.2, -0.15) is 4.72 Å². The number of hydrogen-bond donors (Lipinski definition) is 2. The van der Waals surface area contributed by atoms with Crippen LogP contribution in [0.25, 0.3) is 0 Å². The number of carbonyl (C=O) groups is 1. The van der Waals surface area contributed by atoms with Gasteiger partial charge in [-0.05, 0) is 36.1 Å². The summed E-state index contributed by atoms with van der Waals surface area (Å²) in [4.78, 5) is 11.1. The Balaban J connectivity index is 3.20. The maximum absolute atomic E-state index is 13.0. The molecule has 0 heterocycles. The van der Waals surface area contributed by atoms with Crippen molar-refractivity contribution >= 4 is 16.0 Å². The zero-order valence-electron chi connectivity index (χ0n) is 11.8. The van der Waals surface area contributed by atoms with Gasteiger partial charge in [0.2, 0.25) is 10.0 Å². The van der Waals surface area contributed by atoms with E-state index >= 15 is 0 Å². The van der Waals surface area contributed by atoms with Gasteiger partial charge in [-0.3, -0.25) is 4.79 Å². The highest BCUT2D eigenvalue weighted by Crippen LogP contribution is 2.23. The lowest BCUT2D eigenvalue weighted by molar-refractivity contribution is -0.141. The van der Waals surface area contributed by atoms with Crippen LogP contribution in [0.15, 0.2) is 23.1 Å². The van der Waals surface area contributed by atoms with Crippen LogP contribution in [0.1, 0.15) is 26.3 Å². The molecule has 0 aliphatic carbocycles. The van der Waals surface area contributed by atoms with Crippen LogP contribution in [-0.2, 0) is 14.8 Å². The van der Waals surface area contributed by atoms with Crippen LogP contribution in [0, 0.1) is 18.2 Å². The third kappa shape index (κ3) is 3.77. The first-order chi connectivity index (χ1) is 8.95. The number of halogens is 1. The Morgan fingerprint density at radius 3 is 2.30 bits per heavy atom. The molecule has 0 aliphatic heterocycles. The number of carboxylic acids is 1. The monoisotopic (exact) mass is 303 g/mol. The molecule has 1 atom stereocenters. The van der Waals surface area contributed by atoms with E-state index in [1.807, 2.05) is 0 Å². The van der Waals surface area contributed by atoms with E-state index < -0.39 is 33.3 Å². The molecule has 2 N–H and O–H groups in total. The van der Waals surface area contributed by atoms with E-state index in [0.717, 1.165) is 18.2 Å². The second-order valence-electron chi connectivity index (χ2n) is 5.67. The smallest absolute Gasteiger partial charge is 0.322 e. The lowest BCUT2D eigenvalue weighted by Gasteiger charge is -2.27. The van der Waals surface area contributed by atoms with Crippen molar-refractivity contribution in [1.29, 1.82) is 0 Å². The van der Waals surface area contributed by atoms with Gasteiger partial charge >= 0.3 is 5.97 Å². The number of carboxylic acid groups (broad SMARTS) is 1. The molecule has 5 nitrogen and oxygen atoms in total. The van der Waals surface area contributed by atoms with Gasteiger partial charge in [0, 0.05) is 0 Å². The fraction of sp³-hybridized carbons (Fsp3) is 0.462. The predicted octanol–water partition coefficient (Wildman–Crippen LogP) is 1.91. The lowest BCUT2D eigenvalue weighted by Crippen LogP contribution is -2.49. The largest absolute Gasteiger partial charge is 0.480 e. The van der Waals surface area contributed by atoms with Gasteiger partial charge in [0.05, 0.1) is 4.90 Å².